The average molecular weight is 405 g/mol. The zero-order valence-electron chi connectivity index (χ0n) is 18.0. The van der Waals surface area contributed by atoms with Crippen LogP contribution in [0.15, 0.2) is 59.9 Å². The summed E-state index contributed by atoms with van der Waals surface area (Å²) >= 11 is 0. The fraction of sp³-hybridized carbons (Fsp3) is 0.320. The minimum absolute atomic E-state index is 0.00957. The number of nitrogens with one attached hydrogen (secondary N) is 1. The van der Waals surface area contributed by atoms with Crippen molar-refractivity contribution in [3.63, 3.8) is 0 Å². The Bertz CT molecular complexity index is 1080. The Hall–Kier alpha value is -3.21. The number of nitrogens with zero attached hydrogens (tertiary/aromatic N) is 1. The van der Waals surface area contributed by atoms with E-state index in [1.54, 1.807) is 13.3 Å². The van der Waals surface area contributed by atoms with Crippen LogP contribution in [0.2, 0.25) is 0 Å². The largest absolute Gasteiger partial charge is 0.494 e. The highest BCUT2D eigenvalue weighted by Crippen LogP contribution is 2.38. The SMILES string of the molecule is CCCOc1ccc(C2CC(=O)C(C)=C2C(C)=O)cc1.Cc1ccc2nc[nH]c2c1. The first kappa shape index (κ1) is 21.5. The molecule has 1 unspecified atom stereocenters. The number of aromatic amines is 1. The molecule has 0 saturated carbocycles. The fourth-order valence-electron chi connectivity index (χ4n) is 3.71. The first-order valence-electron chi connectivity index (χ1n) is 10.3. The van der Waals surface area contributed by atoms with Crippen LogP contribution in [0.1, 0.15) is 50.7 Å². The van der Waals surface area contributed by atoms with Gasteiger partial charge >= 0.3 is 0 Å². The van der Waals surface area contributed by atoms with Gasteiger partial charge in [-0.3, -0.25) is 9.59 Å². The van der Waals surface area contributed by atoms with Crippen molar-refractivity contribution < 1.29 is 14.3 Å². The lowest BCUT2D eigenvalue weighted by Gasteiger charge is -2.13. The number of rotatable bonds is 5. The molecule has 0 radical (unpaired) electrons. The molecule has 2 aromatic carbocycles. The molecule has 0 bridgehead atoms. The molecule has 0 fully saturated rings. The van der Waals surface area contributed by atoms with E-state index in [0.29, 0.717) is 24.2 Å². The van der Waals surface area contributed by atoms with Crippen molar-refractivity contribution in [1.82, 2.24) is 9.97 Å². The summed E-state index contributed by atoms with van der Waals surface area (Å²) in [4.78, 5) is 30.8. The lowest BCUT2D eigenvalue weighted by molar-refractivity contribution is -0.115. The predicted octanol–water partition coefficient (Wildman–Crippen LogP) is 5.31. The zero-order chi connectivity index (χ0) is 21.7. The van der Waals surface area contributed by atoms with E-state index >= 15 is 0 Å². The number of ketones is 2. The van der Waals surface area contributed by atoms with Gasteiger partial charge in [0.1, 0.15) is 5.75 Å². The van der Waals surface area contributed by atoms with Crippen LogP contribution in [-0.4, -0.2) is 28.1 Å². The maximum atomic E-state index is 11.8. The van der Waals surface area contributed by atoms with E-state index in [4.69, 9.17) is 4.74 Å². The molecule has 4 rings (SSSR count). The summed E-state index contributed by atoms with van der Waals surface area (Å²) in [5, 5.41) is 0. The van der Waals surface area contributed by atoms with Crippen LogP contribution in [0.3, 0.4) is 0 Å². The number of benzene rings is 2. The Kier molecular flexibility index (Phi) is 6.83. The van der Waals surface area contributed by atoms with Gasteiger partial charge < -0.3 is 9.72 Å². The average Bonchev–Trinajstić information content (AvgIpc) is 3.31. The molecular formula is C25H28N2O3. The van der Waals surface area contributed by atoms with Gasteiger partial charge in [-0.05, 0) is 68.2 Å². The van der Waals surface area contributed by atoms with Crippen LogP contribution in [0.25, 0.3) is 11.0 Å². The quantitative estimate of drug-likeness (QED) is 0.626. The number of Topliss-reactive ketones (excluding diaryl/α,β-unsaturated/α-hetero) is 2. The number of hydrogen-bond donors (Lipinski definition) is 1. The number of carbonyl (C=O) groups excluding carboxylic acids is 2. The van der Waals surface area contributed by atoms with E-state index in [2.05, 4.69) is 35.9 Å². The van der Waals surface area contributed by atoms with Crippen LogP contribution >= 0.6 is 0 Å². The molecule has 0 saturated heterocycles. The van der Waals surface area contributed by atoms with Gasteiger partial charge in [0.25, 0.3) is 0 Å². The molecule has 1 heterocycles. The fourth-order valence-corrected chi connectivity index (χ4v) is 3.71. The van der Waals surface area contributed by atoms with Gasteiger partial charge in [-0.1, -0.05) is 25.1 Å². The standard InChI is InChI=1S/C17H20O3.C8H8N2/c1-4-9-20-14-7-5-13(6-8-14)15-10-16(19)11(2)17(15)12(3)18;1-6-2-3-7-8(4-6)10-5-9-7/h5-8,15H,4,9-10H2,1-3H3;2-5H,1H3,(H,9,10). The van der Waals surface area contributed by atoms with Crippen LogP contribution in [-0.2, 0) is 9.59 Å². The van der Waals surface area contributed by atoms with Crippen LogP contribution < -0.4 is 4.74 Å². The van der Waals surface area contributed by atoms with Crippen molar-refractivity contribution in [3.05, 3.63) is 71.1 Å². The monoisotopic (exact) mass is 404 g/mol. The smallest absolute Gasteiger partial charge is 0.159 e. The molecule has 1 N–H and O–H groups in total. The Labute approximate surface area is 177 Å². The molecule has 0 amide bonds. The summed E-state index contributed by atoms with van der Waals surface area (Å²) < 4.78 is 5.54. The van der Waals surface area contributed by atoms with E-state index < -0.39 is 0 Å². The number of allylic oxidation sites excluding steroid dienone is 2. The number of aryl methyl sites for hydroxylation is 1. The summed E-state index contributed by atoms with van der Waals surface area (Å²) in [6.07, 6.45) is 3.08. The number of hydrogen-bond acceptors (Lipinski definition) is 4. The van der Waals surface area contributed by atoms with Crippen LogP contribution in [0.4, 0.5) is 0 Å². The molecular weight excluding hydrogens is 376 g/mol. The van der Waals surface area contributed by atoms with E-state index in [1.807, 2.05) is 30.3 Å². The second-order valence-corrected chi connectivity index (χ2v) is 7.62. The highest BCUT2D eigenvalue weighted by molar-refractivity contribution is 6.10. The van der Waals surface area contributed by atoms with Gasteiger partial charge in [-0.2, -0.15) is 0 Å². The van der Waals surface area contributed by atoms with E-state index in [9.17, 15) is 9.59 Å². The van der Waals surface area contributed by atoms with Crippen molar-refractivity contribution in [2.75, 3.05) is 6.61 Å². The maximum absolute atomic E-state index is 11.8. The van der Waals surface area contributed by atoms with E-state index in [-0.39, 0.29) is 17.5 Å². The molecule has 3 aromatic rings. The number of fused-ring (bicyclic) bond motifs is 1. The molecule has 1 aliphatic rings. The summed E-state index contributed by atoms with van der Waals surface area (Å²) in [6.45, 7) is 8.10. The third-order valence-electron chi connectivity index (χ3n) is 5.27. The van der Waals surface area contributed by atoms with Crippen molar-refractivity contribution >= 4 is 22.6 Å². The molecule has 0 aliphatic heterocycles. The van der Waals surface area contributed by atoms with Crippen molar-refractivity contribution in [1.29, 1.82) is 0 Å². The molecule has 30 heavy (non-hydrogen) atoms. The van der Waals surface area contributed by atoms with Crippen LogP contribution in [0, 0.1) is 6.92 Å². The van der Waals surface area contributed by atoms with Gasteiger partial charge in [0.05, 0.1) is 24.0 Å². The minimum Gasteiger partial charge on any atom is -0.494 e. The first-order valence-corrected chi connectivity index (χ1v) is 10.3. The number of carbonyl (C=O) groups is 2. The van der Waals surface area contributed by atoms with Gasteiger partial charge in [-0.25, -0.2) is 4.98 Å². The second kappa shape index (κ2) is 9.53. The van der Waals surface area contributed by atoms with Gasteiger partial charge in [0.2, 0.25) is 0 Å². The first-order chi connectivity index (χ1) is 14.4. The summed E-state index contributed by atoms with van der Waals surface area (Å²) in [5.41, 5.74) is 5.69. The highest BCUT2D eigenvalue weighted by Gasteiger charge is 2.33. The number of aromatic nitrogens is 2. The maximum Gasteiger partial charge on any atom is 0.159 e. The summed E-state index contributed by atoms with van der Waals surface area (Å²) in [7, 11) is 0. The molecule has 156 valence electrons. The Morgan fingerprint density at radius 3 is 2.57 bits per heavy atom. The van der Waals surface area contributed by atoms with E-state index in [0.717, 1.165) is 28.8 Å². The Balaban J connectivity index is 0.000000212. The second-order valence-electron chi connectivity index (χ2n) is 7.62. The van der Waals surface area contributed by atoms with Crippen molar-refractivity contribution in [2.45, 2.75) is 46.5 Å². The normalized spacial score (nSPS) is 15.9. The van der Waals surface area contributed by atoms with Crippen molar-refractivity contribution in [2.24, 2.45) is 0 Å². The van der Waals surface area contributed by atoms with E-state index in [1.165, 1.54) is 12.5 Å². The molecule has 1 atom stereocenters. The predicted molar refractivity (Wildman–Crippen MR) is 119 cm³/mol. The topological polar surface area (TPSA) is 72.1 Å². The van der Waals surface area contributed by atoms with Gasteiger partial charge in [0.15, 0.2) is 11.6 Å². The number of ether oxygens (including phenoxy) is 1. The van der Waals surface area contributed by atoms with Crippen LogP contribution in [0.5, 0.6) is 5.75 Å². The number of H-pyrrole nitrogens is 1. The molecule has 0 spiro atoms. The Morgan fingerprint density at radius 1 is 1.17 bits per heavy atom. The molecule has 5 heteroatoms. The summed E-state index contributed by atoms with van der Waals surface area (Å²) in [6, 6.07) is 13.9. The molecule has 1 aromatic heterocycles. The van der Waals surface area contributed by atoms with Gasteiger partial charge in [-0.15, -0.1) is 0 Å². The summed E-state index contributed by atoms with van der Waals surface area (Å²) in [5.74, 6) is 0.793. The zero-order valence-corrected chi connectivity index (χ0v) is 18.0. The number of imidazole rings is 1. The van der Waals surface area contributed by atoms with Gasteiger partial charge in [0, 0.05) is 17.9 Å². The highest BCUT2D eigenvalue weighted by atomic mass is 16.5. The third kappa shape index (κ3) is 4.85. The Morgan fingerprint density at radius 2 is 1.90 bits per heavy atom. The lowest BCUT2D eigenvalue weighted by Crippen LogP contribution is -2.06. The third-order valence-corrected chi connectivity index (χ3v) is 5.27. The minimum atomic E-state index is -0.0970. The molecule has 1 aliphatic carbocycles. The van der Waals surface area contributed by atoms with Crippen molar-refractivity contribution in [3.8, 4) is 5.75 Å². The lowest BCUT2D eigenvalue weighted by atomic mass is 9.90. The molecule has 5 nitrogen and oxygen atoms in total.